The summed E-state index contributed by atoms with van der Waals surface area (Å²) in [6.45, 7) is 6.86. The van der Waals surface area contributed by atoms with Gasteiger partial charge in [0, 0.05) is 25.0 Å². The SMILES string of the molecule is CN=C(NCCC1CCN(C)CC1)NCC(c1cccs1)N1CCCC1. The van der Waals surface area contributed by atoms with Crippen LogP contribution in [0.3, 0.4) is 0 Å². The van der Waals surface area contributed by atoms with E-state index < -0.39 is 0 Å². The van der Waals surface area contributed by atoms with Crippen molar-refractivity contribution in [1.29, 1.82) is 0 Å². The van der Waals surface area contributed by atoms with Gasteiger partial charge in [0.05, 0.1) is 6.04 Å². The van der Waals surface area contributed by atoms with Crippen molar-refractivity contribution in [3.63, 3.8) is 0 Å². The third kappa shape index (κ3) is 5.69. The molecular formula is C20H35N5S. The fourth-order valence-electron chi connectivity index (χ4n) is 4.10. The van der Waals surface area contributed by atoms with E-state index in [1.807, 2.05) is 18.4 Å². The molecule has 0 spiro atoms. The van der Waals surface area contributed by atoms with Crippen LogP contribution < -0.4 is 10.6 Å². The number of likely N-dealkylation sites (tertiary alicyclic amines) is 2. The van der Waals surface area contributed by atoms with Gasteiger partial charge in [0.15, 0.2) is 5.96 Å². The van der Waals surface area contributed by atoms with Gasteiger partial charge in [-0.3, -0.25) is 9.89 Å². The lowest BCUT2D eigenvalue weighted by molar-refractivity contribution is 0.213. The van der Waals surface area contributed by atoms with E-state index in [2.05, 4.69) is 50.0 Å². The molecule has 1 unspecified atom stereocenters. The minimum absolute atomic E-state index is 0.463. The highest BCUT2D eigenvalue weighted by Crippen LogP contribution is 2.27. The summed E-state index contributed by atoms with van der Waals surface area (Å²) in [5.41, 5.74) is 0. The number of hydrogen-bond donors (Lipinski definition) is 2. The molecule has 0 saturated carbocycles. The first-order chi connectivity index (χ1) is 12.8. The van der Waals surface area contributed by atoms with Gasteiger partial charge in [-0.15, -0.1) is 11.3 Å². The van der Waals surface area contributed by atoms with E-state index in [0.717, 1.165) is 25.0 Å². The predicted octanol–water partition coefficient (Wildman–Crippen LogP) is 2.78. The molecular weight excluding hydrogens is 342 g/mol. The highest BCUT2D eigenvalue weighted by molar-refractivity contribution is 7.10. The zero-order valence-electron chi connectivity index (χ0n) is 16.4. The van der Waals surface area contributed by atoms with E-state index in [9.17, 15) is 0 Å². The van der Waals surface area contributed by atoms with Gasteiger partial charge in [-0.1, -0.05) is 6.07 Å². The van der Waals surface area contributed by atoms with Crippen molar-refractivity contribution in [2.45, 2.75) is 38.1 Å². The van der Waals surface area contributed by atoms with Crippen LogP contribution in [0.5, 0.6) is 0 Å². The normalized spacial score (nSPS) is 21.8. The van der Waals surface area contributed by atoms with Crippen LogP contribution in [0.4, 0.5) is 0 Å². The maximum Gasteiger partial charge on any atom is 0.191 e. The first kappa shape index (κ1) is 19.6. The highest BCUT2D eigenvalue weighted by Gasteiger charge is 2.24. The van der Waals surface area contributed by atoms with Gasteiger partial charge in [0.25, 0.3) is 0 Å². The Hall–Kier alpha value is -1.11. The Morgan fingerprint density at radius 3 is 2.65 bits per heavy atom. The lowest BCUT2D eigenvalue weighted by atomic mass is 9.94. The number of nitrogens with zero attached hydrogens (tertiary/aromatic N) is 3. The predicted molar refractivity (Wildman–Crippen MR) is 112 cm³/mol. The Morgan fingerprint density at radius 2 is 2.00 bits per heavy atom. The molecule has 26 heavy (non-hydrogen) atoms. The summed E-state index contributed by atoms with van der Waals surface area (Å²) in [7, 11) is 4.10. The molecule has 0 bridgehead atoms. The van der Waals surface area contributed by atoms with E-state index in [0.29, 0.717) is 6.04 Å². The number of rotatable bonds is 7. The maximum atomic E-state index is 4.43. The molecule has 5 nitrogen and oxygen atoms in total. The van der Waals surface area contributed by atoms with Crippen molar-refractivity contribution in [3.8, 4) is 0 Å². The minimum atomic E-state index is 0.463. The average Bonchev–Trinajstić information content (AvgIpc) is 3.36. The van der Waals surface area contributed by atoms with Crippen molar-refractivity contribution in [2.75, 3.05) is 53.4 Å². The molecule has 2 aliphatic heterocycles. The lowest BCUT2D eigenvalue weighted by Gasteiger charge is -2.29. The molecule has 1 atom stereocenters. The second-order valence-electron chi connectivity index (χ2n) is 7.69. The Balaban J connectivity index is 1.43. The van der Waals surface area contributed by atoms with Gasteiger partial charge in [-0.2, -0.15) is 0 Å². The Bertz CT molecular complexity index is 530. The van der Waals surface area contributed by atoms with Crippen molar-refractivity contribution in [1.82, 2.24) is 20.4 Å². The van der Waals surface area contributed by atoms with E-state index in [1.54, 1.807) is 0 Å². The van der Waals surface area contributed by atoms with Crippen LogP contribution >= 0.6 is 11.3 Å². The number of piperidine rings is 1. The van der Waals surface area contributed by atoms with Crippen molar-refractivity contribution < 1.29 is 0 Å². The summed E-state index contributed by atoms with van der Waals surface area (Å²) >= 11 is 1.87. The molecule has 2 fully saturated rings. The van der Waals surface area contributed by atoms with Crippen LogP contribution in [-0.4, -0.2) is 69.1 Å². The fourth-order valence-corrected chi connectivity index (χ4v) is 4.96. The van der Waals surface area contributed by atoms with E-state index in [-0.39, 0.29) is 0 Å². The molecule has 0 aromatic carbocycles. The van der Waals surface area contributed by atoms with E-state index in [4.69, 9.17) is 0 Å². The number of hydrogen-bond acceptors (Lipinski definition) is 4. The second kappa shape index (κ2) is 10.3. The van der Waals surface area contributed by atoms with Crippen LogP contribution in [0, 0.1) is 5.92 Å². The van der Waals surface area contributed by atoms with Crippen LogP contribution in [0.15, 0.2) is 22.5 Å². The highest BCUT2D eigenvalue weighted by atomic mass is 32.1. The summed E-state index contributed by atoms with van der Waals surface area (Å²) in [6, 6.07) is 4.90. The maximum absolute atomic E-state index is 4.43. The molecule has 2 N–H and O–H groups in total. The zero-order valence-corrected chi connectivity index (χ0v) is 17.2. The van der Waals surface area contributed by atoms with Crippen molar-refractivity contribution in [2.24, 2.45) is 10.9 Å². The number of nitrogens with one attached hydrogen (secondary N) is 2. The van der Waals surface area contributed by atoms with Gasteiger partial charge in [-0.25, -0.2) is 0 Å². The van der Waals surface area contributed by atoms with Gasteiger partial charge >= 0.3 is 0 Å². The molecule has 1 aromatic rings. The quantitative estimate of drug-likeness (QED) is 0.566. The molecule has 6 heteroatoms. The molecule has 3 rings (SSSR count). The first-order valence-electron chi connectivity index (χ1n) is 10.2. The summed E-state index contributed by atoms with van der Waals surface area (Å²) in [5, 5.41) is 9.29. The van der Waals surface area contributed by atoms with Gasteiger partial charge < -0.3 is 15.5 Å². The van der Waals surface area contributed by atoms with Crippen LogP contribution in [0.1, 0.15) is 43.0 Å². The molecule has 146 valence electrons. The Kier molecular flexibility index (Phi) is 7.77. The topological polar surface area (TPSA) is 42.9 Å². The van der Waals surface area contributed by atoms with Crippen LogP contribution in [0.25, 0.3) is 0 Å². The summed E-state index contributed by atoms with van der Waals surface area (Å²) < 4.78 is 0. The van der Waals surface area contributed by atoms with Gasteiger partial charge in [0.2, 0.25) is 0 Å². The smallest absolute Gasteiger partial charge is 0.191 e. The van der Waals surface area contributed by atoms with Gasteiger partial charge in [-0.05, 0) is 82.7 Å². The van der Waals surface area contributed by atoms with Crippen molar-refractivity contribution >= 4 is 17.3 Å². The van der Waals surface area contributed by atoms with Crippen LogP contribution in [0.2, 0.25) is 0 Å². The standard InChI is InChI=1S/C20H35N5S/c1-21-20(22-10-7-17-8-13-24(2)14-9-17)23-16-18(19-6-5-15-26-19)25-11-3-4-12-25/h5-6,15,17-18H,3-4,7-14,16H2,1-2H3,(H2,21,22,23). The van der Waals surface area contributed by atoms with E-state index in [1.165, 1.54) is 63.2 Å². The minimum Gasteiger partial charge on any atom is -0.356 e. The molecule has 0 radical (unpaired) electrons. The number of aliphatic imine (C=N–C) groups is 1. The average molecular weight is 378 g/mol. The summed E-state index contributed by atoms with van der Waals surface area (Å²) in [5.74, 6) is 1.80. The first-order valence-corrected chi connectivity index (χ1v) is 11.0. The molecule has 1 aromatic heterocycles. The fraction of sp³-hybridized carbons (Fsp3) is 0.750. The molecule has 3 heterocycles. The lowest BCUT2D eigenvalue weighted by Crippen LogP contribution is -2.43. The number of guanidine groups is 1. The molecule has 0 amide bonds. The molecule has 2 aliphatic rings. The third-order valence-electron chi connectivity index (χ3n) is 5.82. The third-order valence-corrected chi connectivity index (χ3v) is 6.80. The van der Waals surface area contributed by atoms with Crippen molar-refractivity contribution in [3.05, 3.63) is 22.4 Å². The Labute approximate surface area is 162 Å². The zero-order chi connectivity index (χ0) is 18.2. The summed E-state index contributed by atoms with van der Waals surface area (Å²) in [6.07, 6.45) is 6.56. The van der Waals surface area contributed by atoms with Gasteiger partial charge in [0.1, 0.15) is 0 Å². The molecule has 2 saturated heterocycles. The largest absolute Gasteiger partial charge is 0.356 e. The number of thiophene rings is 1. The monoisotopic (exact) mass is 377 g/mol. The molecule has 0 aliphatic carbocycles. The Morgan fingerprint density at radius 1 is 1.23 bits per heavy atom. The second-order valence-corrected chi connectivity index (χ2v) is 8.67. The summed E-state index contributed by atoms with van der Waals surface area (Å²) in [4.78, 5) is 10.9. The van der Waals surface area contributed by atoms with E-state index >= 15 is 0 Å². The van der Waals surface area contributed by atoms with Crippen LogP contribution in [-0.2, 0) is 0 Å².